The number of amides is 2. The number of thioether (sulfide) groups is 1. The number of carbonyl (C=O) groups is 2. The van der Waals surface area contributed by atoms with E-state index in [-0.39, 0.29) is 18.4 Å². The number of nitrogens with one attached hydrogen (secondary N) is 2. The zero-order valence-corrected chi connectivity index (χ0v) is 20.2. The van der Waals surface area contributed by atoms with Gasteiger partial charge in [-0.3, -0.25) is 9.59 Å². The number of benzene rings is 3. The topological polar surface area (TPSA) is 89.0 Å². The summed E-state index contributed by atoms with van der Waals surface area (Å²) in [6.45, 7) is 4.35. The molecule has 8 heteroatoms. The number of hydrogen-bond donors (Lipinski definition) is 2. The molecule has 0 bridgehead atoms. The summed E-state index contributed by atoms with van der Waals surface area (Å²) in [4.78, 5) is 29.8. The summed E-state index contributed by atoms with van der Waals surface area (Å²) in [6, 6.07) is 22.1. The summed E-state index contributed by atoms with van der Waals surface area (Å²) in [5.74, 6) is 0.759. The van der Waals surface area contributed by atoms with Crippen molar-refractivity contribution in [3.8, 4) is 11.5 Å². The van der Waals surface area contributed by atoms with Crippen molar-refractivity contribution < 1.29 is 19.1 Å². The van der Waals surface area contributed by atoms with Crippen LogP contribution in [-0.4, -0.2) is 30.2 Å². The van der Waals surface area contributed by atoms with E-state index in [0.717, 1.165) is 11.3 Å². The molecular weight excluding hydrogens is 462 g/mol. The average Bonchev–Trinajstić information content (AvgIpc) is 3.19. The molecule has 4 rings (SSSR count). The summed E-state index contributed by atoms with van der Waals surface area (Å²) in [5.41, 5.74) is 3.22. The van der Waals surface area contributed by atoms with Crippen molar-refractivity contribution in [2.75, 3.05) is 18.5 Å². The van der Waals surface area contributed by atoms with Gasteiger partial charge in [-0.1, -0.05) is 35.9 Å². The molecule has 35 heavy (non-hydrogen) atoms. The van der Waals surface area contributed by atoms with Crippen molar-refractivity contribution in [2.45, 2.75) is 13.8 Å². The Balaban J connectivity index is 1.41. The van der Waals surface area contributed by atoms with Gasteiger partial charge in [0.1, 0.15) is 11.5 Å². The molecule has 0 radical (unpaired) electrons. The molecular formula is C27H25N3O4S. The molecule has 0 unspecified atom stereocenters. The van der Waals surface area contributed by atoms with E-state index in [4.69, 9.17) is 9.47 Å². The number of ether oxygens (including phenoxy) is 2. The van der Waals surface area contributed by atoms with Crippen molar-refractivity contribution in [2.24, 2.45) is 4.99 Å². The molecule has 0 spiro atoms. The zero-order valence-electron chi connectivity index (χ0n) is 19.4. The number of aryl methyl sites for hydroxylation is 1. The van der Waals surface area contributed by atoms with Crippen LogP contribution in [0.5, 0.6) is 11.5 Å². The highest BCUT2D eigenvalue weighted by molar-refractivity contribution is 8.18. The third kappa shape index (κ3) is 6.74. The van der Waals surface area contributed by atoms with Crippen LogP contribution in [0.3, 0.4) is 0 Å². The van der Waals surface area contributed by atoms with Gasteiger partial charge in [-0.05, 0) is 74.1 Å². The molecule has 178 valence electrons. The van der Waals surface area contributed by atoms with Gasteiger partial charge in [-0.2, -0.15) is 0 Å². The first-order valence-electron chi connectivity index (χ1n) is 11.1. The van der Waals surface area contributed by atoms with Gasteiger partial charge in [-0.15, -0.1) is 0 Å². The number of anilines is 1. The Labute approximate surface area is 208 Å². The van der Waals surface area contributed by atoms with Gasteiger partial charge >= 0.3 is 0 Å². The highest BCUT2D eigenvalue weighted by Gasteiger charge is 2.24. The highest BCUT2D eigenvalue weighted by Crippen LogP contribution is 2.31. The largest absolute Gasteiger partial charge is 0.494 e. The van der Waals surface area contributed by atoms with Gasteiger partial charge in [0.2, 0.25) is 0 Å². The normalized spacial score (nSPS) is 15.2. The number of amidine groups is 1. The van der Waals surface area contributed by atoms with Gasteiger partial charge in [0, 0.05) is 11.3 Å². The van der Waals surface area contributed by atoms with E-state index in [2.05, 4.69) is 15.6 Å². The van der Waals surface area contributed by atoms with E-state index in [1.165, 1.54) is 11.8 Å². The lowest BCUT2D eigenvalue weighted by Gasteiger charge is -2.10. The van der Waals surface area contributed by atoms with Crippen LogP contribution in [0.15, 0.2) is 82.7 Å². The van der Waals surface area contributed by atoms with Crippen molar-refractivity contribution in [3.05, 3.63) is 88.8 Å². The Morgan fingerprint density at radius 3 is 2.51 bits per heavy atom. The third-order valence-electron chi connectivity index (χ3n) is 4.93. The number of nitrogens with zero attached hydrogens (tertiary/aromatic N) is 1. The van der Waals surface area contributed by atoms with Crippen molar-refractivity contribution in [1.29, 1.82) is 0 Å². The standard InChI is InChI=1S/C27H25N3O4S/c1-3-33-22-14-12-21(13-15-22)29-27-30-26(32)24(35-27)16-19-6-4-5-7-23(19)34-17-25(31)28-20-10-8-18(2)9-11-20/h4-16H,3,17H2,1-2H3,(H,28,31)(H,29,30,32)/b24-16+. The monoisotopic (exact) mass is 487 g/mol. The van der Waals surface area contributed by atoms with Gasteiger partial charge in [-0.25, -0.2) is 4.99 Å². The number of carbonyl (C=O) groups excluding carboxylic acids is 2. The van der Waals surface area contributed by atoms with Crippen LogP contribution in [0.4, 0.5) is 11.4 Å². The van der Waals surface area contributed by atoms with Crippen molar-refractivity contribution in [1.82, 2.24) is 5.32 Å². The molecule has 2 amide bonds. The molecule has 1 aliphatic rings. The first-order chi connectivity index (χ1) is 17.0. The Bertz CT molecular complexity index is 1270. The van der Waals surface area contributed by atoms with Crippen LogP contribution in [0.1, 0.15) is 18.1 Å². The molecule has 1 fully saturated rings. The fourth-order valence-corrected chi connectivity index (χ4v) is 4.06. The Morgan fingerprint density at radius 1 is 1.03 bits per heavy atom. The summed E-state index contributed by atoms with van der Waals surface area (Å²) in [7, 11) is 0. The van der Waals surface area contributed by atoms with Crippen LogP contribution in [0.2, 0.25) is 0 Å². The predicted octanol–water partition coefficient (Wildman–Crippen LogP) is 5.30. The van der Waals surface area contributed by atoms with Crippen LogP contribution >= 0.6 is 11.8 Å². The van der Waals surface area contributed by atoms with Crippen molar-refractivity contribution >= 4 is 46.2 Å². The molecule has 7 nitrogen and oxygen atoms in total. The average molecular weight is 488 g/mol. The minimum absolute atomic E-state index is 0.155. The van der Waals surface area contributed by atoms with E-state index in [1.807, 2.05) is 80.6 Å². The number of rotatable bonds is 8. The maximum atomic E-state index is 12.5. The van der Waals surface area contributed by atoms with Gasteiger partial charge in [0.15, 0.2) is 11.8 Å². The number of aliphatic imine (C=N–C) groups is 1. The van der Waals surface area contributed by atoms with Gasteiger partial charge in [0.25, 0.3) is 11.8 Å². The lowest BCUT2D eigenvalue weighted by molar-refractivity contribution is -0.118. The Hall–Kier alpha value is -4.04. The summed E-state index contributed by atoms with van der Waals surface area (Å²) in [5, 5.41) is 6.08. The first kappa shape index (κ1) is 24.1. The van der Waals surface area contributed by atoms with E-state index >= 15 is 0 Å². The summed E-state index contributed by atoms with van der Waals surface area (Å²) in [6.07, 6.45) is 1.73. The van der Waals surface area contributed by atoms with Gasteiger partial charge < -0.3 is 20.1 Å². The minimum atomic E-state index is -0.269. The molecule has 0 saturated carbocycles. The lowest BCUT2D eigenvalue weighted by atomic mass is 10.2. The number of para-hydroxylation sites is 1. The minimum Gasteiger partial charge on any atom is -0.494 e. The fourth-order valence-electron chi connectivity index (χ4n) is 3.23. The molecule has 3 aromatic rings. The van der Waals surface area contributed by atoms with Gasteiger partial charge in [0.05, 0.1) is 17.2 Å². The van der Waals surface area contributed by atoms with E-state index in [1.54, 1.807) is 12.1 Å². The Morgan fingerprint density at radius 2 is 1.77 bits per heavy atom. The maximum Gasteiger partial charge on any atom is 0.264 e. The summed E-state index contributed by atoms with van der Waals surface area (Å²) >= 11 is 1.24. The quantitative estimate of drug-likeness (QED) is 0.421. The SMILES string of the molecule is CCOc1ccc(N=C2NC(=O)/C(=C\c3ccccc3OCC(=O)Nc3ccc(C)cc3)S2)cc1. The molecule has 0 atom stereocenters. The van der Waals surface area contributed by atoms with Crippen LogP contribution < -0.4 is 20.1 Å². The molecule has 1 heterocycles. The molecule has 2 N–H and O–H groups in total. The molecule has 1 saturated heterocycles. The predicted molar refractivity (Wildman–Crippen MR) is 140 cm³/mol. The lowest BCUT2D eigenvalue weighted by Crippen LogP contribution is -2.20. The van der Waals surface area contributed by atoms with Crippen LogP contribution in [0.25, 0.3) is 6.08 Å². The Kier molecular flexibility index (Phi) is 7.84. The first-order valence-corrected chi connectivity index (χ1v) is 11.9. The maximum absolute atomic E-state index is 12.5. The van der Waals surface area contributed by atoms with Crippen molar-refractivity contribution in [3.63, 3.8) is 0 Å². The van der Waals surface area contributed by atoms with E-state index in [0.29, 0.717) is 39.4 Å². The third-order valence-corrected chi connectivity index (χ3v) is 5.84. The zero-order chi connectivity index (χ0) is 24.6. The fraction of sp³-hybridized carbons (Fsp3) is 0.148. The molecule has 0 aromatic heterocycles. The second-order valence-corrected chi connectivity index (χ2v) is 8.68. The smallest absolute Gasteiger partial charge is 0.264 e. The van der Waals surface area contributed by atoms with Crippen LogP contribution in [0, 0.1) is 6.92 Å². The van der Waals surface area contributed by atoms with Crippen LogP contribution in [-0.2, 0) is 9.59 Å². The number of hydrogen-bond acceptors (Lipinski definition) is 6. The second kappa shape index (κ2) is 11.4. The second-order valence-electron chi connectivity index (χ2n) is 7.65. The van der Waals surface area contributed by atoms with E-state index in [9.17, 15) is 9.59 Å². The summed E-state index contributed by atoms with van der Waals surface area (Å²) < 4.78 is 11.2. The highest BCUT2D eigenvalue weighted by atomic mass is 32.2. The molecule has 1 aliphatic heterocycles. The van der Waals surface area contributed by atoms with E-state index < -0.39 is 0 Å². The molecule has 3 aromatic carbocycles. The molecule has 0 aliphatic carbocycles.